The zero-order valence-electron chi connectivity index (χ0n) is 19.4. The molecule has 5 rings (SSSR count). The number of nitrogens with zero attached hydrogens (tertiary/aromatic N) is 2. The van der Waals surface area contributed by atoms with E-state index in [2.05, 4.69) is 5.32 Å². The molecule has 2 saturated heterocycles. The van der Waals surface area contributed by atoms with Crippen molar-refractivity contribution in [1.82, 2.24) is 14.5 Å². The van der Waals surface area contributed by atoms with Gasteiger partial charge in [-0.2, -0.15) is 4.31 Å². The molecule has 0 radical (unpaired) electrons. The molecule has 0 bridgehead atoms. The number of likely N-dealkylation sites (tertiary alicyclic amines) is 1. The fraction of sp³-hybridized carbons (Fsp3) is 0.500. The van der Waals surface area contributed by atoms with Gasteiger partial charge in [0, 0.05) is 44.0 Å². The van der Waals surface area contributed by atoms with Gasteiger partial charge in [0.25, 0.3) is 15.9 Å². The molecular formula is C24H29N3O6S2. The summed E-state index contributed by atoms with van der Waals surface area (Å²) in [6.45, 7) is 2.57. The van der Waals surface area contributed by atoms with Gasteiger partial charge >= 0.3 is 0 Å². The first kappa shape index (κ1) is 24.1. The standard InChI is InChI=1S/C24H29N3O6S2/c28-23(25-14-17-4-5-20-21(12-17)33-16-32-20)18-6-10-27(11-7-18)35(30,31)22-13-19(15-34-22)24(29)26-8-2-1-3-9-26/h4-5,12-13,15,18H,1-3,6-11,14,16H2,(H,25,28). The molecule has 11 heteroatoms. The fourth-order valence-corrected chi connectivity index (χ4v) is 7.49. The van der Waals surface area contributed by atoms with Crippen LogP contribution in [0.2, 0.25) is 0 Å². The number of hydrogen-bond donors (Lipinski definition) is 1. The minimum atomic E-state index is -3.69. The van der Waals surface area contributed by atoms with Gasteiger partial charge in [-0.15, -0.1) is 11.3 Å². The zero-order valence-corrected chi connectivity index (χ0v) is 21.0. The Balaban J connectivity index is 1.14. The number of piperidine rings is 2. The van der Waals surface area contributed by atoms with Gasteiger partial charge in [0.1, 0.15) is 4.21 Å². The number of hydrogen-bond acceptors (Lipinski definition) is 7. The largest absolute Gasteiger partial charge is 0.454 e. The van der Waals surface area contributed by atoms with Crippen LogP contribution in [0.4, 0.5) is 0 Å². The summed E-state index contributed by atoms with van der Waals surface area (Å²) < 4.78 is 38.6. The van der Waals surface area contributed by atoms with Crippen LogP contribution in [0, 0.1) is 5.92 Å². The Morgan fingerprint density at radius 3 is 2.51 bits per heavy atom. The number of carbonyl (C=O) groups excluding carboxylic acids is 2. The highest BCUT2D eigenvalue weighted by Gasteiger charge is 2.33. The average molecular weight is 520 g/mol. The lowest BCUT2D eigenvalue weighted by Gasteiger charge is -2.30. The van der Waals surface area contributed by atoms with Crippen molar-refractivity contribution in [1.29, 1.82) is 0 Å². The van der Waals surface area contributed by atoms with Crippen molar-refractivity contribution >= 4 is 33.2 Å². The SMILES string of the molecule is O=C(NCc1ccc2c(c1)OCO2)C1CCN(S(=O)(=O)c2cc(C(=O)N3CCCCC3)cs2)CC1. The van der Waals surface area contributed by atoms with E-state index in [1.54, 1.807) is 10.3 Å². The molecule has 0 aliphatic carbocycles. The minimum absolute atomic E-state index is 0.0785. The Kier molecular flexibility index (Phi) is 6.99. The number of carbonyl (C=O) groups is 2. The average Bonchev–Trinajstić information content (AvgIpc) is 3.57. The summed E-state index contributed by atoms with van der Waals surface area (Å²) in [4.78, 5) is 27.2. The monoisotopic (exact) mass is 519 g/mol. The number of ether oxygens (including phenoxy) is 2. The van der Waals surface area contributed by atoms with Crippen LogP contribution in [-0.4, -0.2) is 62.4 Å². The van der Waals surface area contributed by atoms with Gasteiger partial charge in [0.15, 0.2) is 11.5 Å². The number of fused-ring (bicyclic) bond motifs is 1. The molecule has 9 nitrogen and oxygen atoms in total. The van der Waals surface area contributed by atoms with Crippen molar-refractivity contribution in [3.8, 4) is 11.5 Å². The molecule has 35 heavy (non-hydrogen) atoms. The van der Waals surface area contributed by atoms with Crippen LogP contribution >= 0.6 is 11.3 Å². The lowest BCUT2D eigenvalue weighted by atomic mass is 9.97. The van der Waals surface area contributed by atoms with E-state index in [9.17, 15) is 18.0 Å². The number of rotatable bonds is 6. The Morgan fingerprint density at radius 2 is 1.74 bits per heavy atom. The van der Waals surface area contributed by atoms with Gasteiger partial charge in [-0.1, -0.05) is 6.07 Å². The van der Waals surface area contributed by atoms with Gasteiger partial charge in [0.05, 0.1) is 5.56 Å². The Bertz CT molecular complexity index is 1200. The lowest BCUT2D eigenvalue weighted by molar-refractivity contribution is -0.126. The molecule has 1 aromatic carbocycles. The summed E-state index contributed by atoms with van der Waals surface area (Å²) in [5, 5.41) is 4.59. The number of amides is 2. The molecule has 2 fully saturated rings. The Morgan fingerprint density at radius 1 is 1.00 bits per heavy atom. The summed E-state index contributed by atoms with van der Waals surface area (Å²) in [5.41, 5.74) is 1.35. The van der Waals surface area contributed by atoms with Gasteiger partial charge in [-0.25, -0.2) is 8.42 Å². The molecule has 3 aliphatic rings. The second-order valence-corrected chi connectivity index (χ2v) is 12.2. The van der Waals surface area contributed by atoms with E-state index in [1.165, 1.54) is 10.4 Å². The van der Waals surface area contributed by atoms with Crippen LogP contribution in [0.5, 0.6) is 11.5 Å². The van der Waals surface area contributed by atoms with Crippen molar-refractivity contribution in [3.63, 3.8) is 0 Å². The maximum absolute atomic E-state index is 13.2. The van der Waals surface area contributed by atoms with E-state index in [-0.39, 0.29) is 41.8 Å². The molecule has 3 aliphatic heterocycles. The number of thiophene rings is 1. The van der Waals surface area contributed by atoms with Crippen molar-refractivity contribution < 1.29 is 27.5 Å². The molecule has 0 saturated carbocycles. The topological polar surface area (TPSA) is 105 Å². The third kappa shape index (κ3) is 5.17. The fourth-order valence-electron chi connectivity index (χ4n) is 4.71. The summed E-state index contributed by atoms with van der Waals surface area (Å²) in [7, 11) is -3.69. The van der Waals surface area contributed by atoms with E-state index in [1.807, 2.05) is 18.2 Å². The zero-order chi connectivity index (χ0) is 24.4. The molecule has 1 aromatic heterocycles. The van der Waals surface area contributed by atoms with E-state index >= 15 is 0 Å². The first-order chi connectivity index (χ1) is 16.9. The third-order valence-electron chi connectivity index (χ3n) is 6.79. The van der Waals surface area contributed by atoms with Crippen LogP contribution < -0.4 is 14.8 Å². The first-order valence-electron chi connectivity index (χ1n) is 12.0. The summed E-state index contributed by atoms with van der Waals surface area (Å²) in [5.74, 6) is 0.951. The van der Waals surface area contributed by atoms with Crippen molar-refractivity contribution in [2.75, 3.05) is 33.0 Å². The normalized spacial score (nSPS) is 19.0. The van der Waals surface area contributed by atoms with Crippen LogP contribution in [0.1, 0.15) is 48.0 Å². The van der Waals surface area contributed by atoms with Gasteiger partial charge in [-0.05, 0) is 55.9 Å². The molecule has 0 unspecified atom stereocenters. The molecule has 4 heterocycles. The van der Waals surface area contributed by atoms with Crippen LogP contribution in [0.25, 0.3) is 0 Å². The lowest BCUT2D eigenvalue weighted by Crippen LogP contribution is -2.42. The van der Waals surface area contributed by atoms with Crippen LogP contribution in [0.15, 0.2) is 33.9 Å². The van der Waals surface area contributed by atoms with E-state index in [4.69, 9.17) is 9.47 Å². The van der Waals surface area contributed by atoms with Crippen molar-refractivity contribution in [2.24, 2.45) is 5.92 Å². The predicted molar refractivity (Wildman–Crippen MR) is 130 cm³/mol. The maximum Gasteiger partial charge on any atom is 0.254 e. The molecule has 2 amide bonds. The molecule has 0 spiro atoms. The summed E-state index contributed by atoms with van der Waals surface area (Å²) in [6, 6.07) is 7.06. The highest BCUT2D eigenvalue weighted by Crippen LogP contribution is 2.33. The Labute approximate surface area is 209 Å². The number of sulfonamides is 1. The van der Waals surface area contributed by atoms with Crippen molar-refractivity contribution in [2.45, 2.75) is 42.9 Å². The maximum atomic E-state index is 13.2. The van der Waals surface area contributed by atoms with Crippen LogP contribution in [0.3, 0.4) is 0 Å². The van der Waals surface area contributed by atoms with Crippen LogP contribution in [-0.2, 0) is 21.4 Å². The van der Waals surface area contributed by atoms with Gasteiger partial charge in [0.2, 0.25) is 12.7 Å². The quantitative estimate of drug-likeness (QED) is 0.629. The van der Waals surface area contributed by atoms with E-state index < -0.39 is 10.0 Å². The number of nitrogens with one attached hydrogen (secondary N) is 1. The predicted octanol–water partition coefficient (Wildman–Crippen LogP) is 2.82. The van der Waals surface area contributed by atoms with E-state index in [0.717, 1.165) is 49.3 Å². The Hall–Kier alpha value is -2.63. The first-order valence-corrected chi connectivity index (χ1v) is 14.3. The van der Waals surface area contributed by atoms with Crippen molar-refractivity contribution in [3.05, 3.63) is 40.8 Å². The molecule has 2 aromatic rings. The highest BCUT2D eigenvalue weighted by molar-refractivity contribution is 7.91. The van der Waals surface area contributed by atoms with Gasteiger partial charge < -0.3 is 19.7 Å². The third-order valence-corrected chi connectivity index (χ3v) is 10.1. The van der Waals surface area contributed by atoms with Gasteiger partial charge in [-0.3, -0.25) is 9.59 Å². The smallest absolute Gasteiger partial charge is 0.254 e. The second kappa shape index (κ2) is 10.2. The summed E-state index contributed by atoms with van der Waals surface area (Å²) in [6.07, 6.45) is 4.01. The molecule has 1 N–H and O–H groups in total. The molecule has 0 atom stereocenters. The molecular weight excluding hydrogens is 490 g/mol. The second-order valence-electron chi connectivity index (χ2n) is 9.09. The number of benzene rings is 1. The van der Waals surface area contributed by atoms with E-state index in [0.29, 0.717) is 36.4 Å². The highest BCUT2D eigenvalue weighted by atomic mass is 32.2. The summed E-state index contributed by atoms with van der Waals surface area (Å²) >= 11 is 1.09. The minimum Gasteiger partial charge on any atom is -0.454 e. The molecule has 188 valence electrons.